The largest absolute Gasteiger partial charge is 0.393 e. The summed E-state index contributed by atoms with van der Waals surface area (Å²) in [7, 11) is 0. The molecule has 9 atom stereocenters. The fourth-order valence-corrected chi connectivity index (χ4v) is 6.96. The van der Waals surface area contributed by atoms with Gasteiger partial charge >= 0.3 is 0 Å². The van der Waals surface area contributed by atoms with Gasteiger partial charge in [-0.05, 0) is 74.5 Å². The third-order valence-corrected chi connectivity index (χ3v) is 8.47. The van der Waals surface area contributed by atoms with E-state index in [-0.39, 0.29) is 35.1 Å². The molecule has 130 valence electrons. The minimum atomic E-state index is -0.653. The number of aliphatic hydroxyl groups is 3. The molecule has 0 aliphatic heterocycles. The molecule has 0 aromatic carbocycles. The molecule has 4 nitrogen and oxygen atoms in total. The van der Waals surface area contributed by atoms with Crippen LogP contribution in [0.15, 0.2) is 0 Å². The molecule has 0 bridgehead atoms. The van der Waals surface area contributed by atoms with Crippen LogP contribution in [-0.2, 0) is 4.79 Å². The number of hydrogen-bond donors (Lipinski definition) is 3. The minimum absolute atomic E-state index is 0.0804. The highest BCUT2D eigenvalue weighted by Crippen LogP contribution is 2.65. The summed E-state index contributed by atoms with van der Waals surface area (Å²) in [5.41, 5.74) is -0.573. The zero-order valence-electron chi connectivity index (χ0n) is 14.2. The molecule has 9 unspecified atom stereocenters. The van der Waals surface area contributed by atoms with Crippen molar-refractivity contribution in [2.75, 3.05) is 0 Å². The van der Waals surface area contributed by atoms with Crippen molar-refractivity contribution in [2.24, 2.45) is 34.5 Å². The van der Waals surface area contributed by atoms with Crippen LogP contribution in [0.2, 0.25) is 0 Å². The number of Topliss-reactive ketones (excluding diaryl/α,β-unsaturated/α-hetero) is 1. The highest BCUT2D eigenvalue weighted by molar-refractivity contribution is 5.87. The van der Waals surface area contributed by atoms with Crippen LogP contribution in [0.25, 0.3) is 0 Å². The molecule has 4 fully saturated rings. The second-order valence-corrected chi connectivity index (χ2v) is 9.22. The lowest BCUT2D eigenvalue weighted by Crippen LogP contribution is -2.62. The number of fused-ring (bicyclic) bond motifs is 5. The van der Waals surface area contributed by atoms with Crippen molar-refractivity contribution in [3.63, 3.8) is 0 Å². The van der Waals surface area contributed by atoms with E-state index in [1.54, 1.807) is 0 Å². The molecule has 3 N–H and O–H groups in total. The second kappa shape index (κ2) is 5.03. The molecule has 4 aliphatic rings. The molecule has 23 heavy (non-hydrogen) atoms. The molecule has 0 radical (unpaired) electrons. The second-order valence-electron chi connectivity index (χ2n) is 9.22. The summed E-state index contributed by atoms with van der Waals surface area (Å²) in [5, 5.41) is 31.8. The Balaban J connectivity index is 1.72. The van der Waals surface area contributed by atoms with Crippen LogP contribution in [0.1, 0.15) is 58.8 Å². The Morgan fingerprint density at radius 2 is 1.74 bits per heavy atom. The monoisotopic (exact) mass is 322 g/mol. The van der Waals surface area contributed by atoms with E-state index in [0.717, 1.165) is 32.1 Å². The molecule has 0 aromatic rings. The average Bonchev–Trinajstić information content (AvgIpc) is 2.80. The third kappa shape index (κ3) is 1.98. The van der Waals surface area contributed by atoms with Crippen LogP contribution >= 0.6 is 0 Å². The first-order valence-corrected chi connectivity index (χ1v) is 9.36. The smallest absolute Gasteiger partial charge is 0.141 e. The van der Waals surface area contributed by atoms with Crippen molar-refractivity contribution < 1.29 is 20.1 Å². The number of hydrogen-bond acceptors (Lipinski definition) is 4. The van der Waals surface area contributed by atoms with Crippen LogP contribution in [0.4, 0.5) is 0 Å². The maximum atomic E-state index is 12.5. The van der Waals surface area contributed by atoms with E-state index in [2.05, 4.69) is 6.92 Å². The van der Waals surface area contributed by atoms with Gasteiger partial charge in [0.2, 0.25) is 0 Å². The Morgan fingerprint density at radius 3 is 2.48 bits per heavy atom. The molecular weight excluding hydrogens is 292 g/mol. The average molecular weight is 322 g/mol. The van der Waals surface area contributed by atoms with E-state index in [1.807, 2.05) is 6.92 Å². The normalized spacial score (nSPS) is 59.2. The van der Waals surface area contributed by atoms with E-state index in [4.69, 9.17) is 0 Å². The van der Waals surface area contributed by atoms with Crippen LogP contribution in [0.5, 0.6) is 0 Å². The summed E-state index contributed by atoms with van der Waals surface area (Å²) in [6.45, 7) is 4.24. The first-order chi connectivity index (χ1) is 10.8. The van der Waals surface area contributed by atoms with Crippen LogP contribution in [0, 0.1) is 34.5 Å². The van der Waals surface area contributed by atoms with Crippen molar-refractivity contribution in [1.82, 2.24) is 0 Å². The molecule has 0 spiro atoms. The van der Waals surface area contributed by atoms with Crippen molar-refractivity contribution in [3.05, 3.63) is 0 Å². The van der Waals surface area contributed by atoms with Crippen LogP contribution in [-0.4, -0.2) is 39.4 Å². The molecule has 4 saturated carbocycles. The van der Waals surface area contributed by atoms with Gasteiger partial charge in [-0.25, -0.2) is 0 Å². The van der Waals surface area contributed by atoms with Crippen molar-refractivity contribution in [3.8, 4) is 0 Å². The quantitative estimate of drug-likeness (QED) is 0.636. The van der Waals surface area contributed by atoms with E-state index in [9.17, 15) is 20.1 Å². The van der Waals surface area contributed by atoms with Gasteiger partial charge in [-0.15, -0.1) is 0 Å². The lowest BCUT2D eigenvalue weighted by atomic mass is 9.44. The first-order valence-electron chi connectivity index (χ1n) is 9.36. The van der Waals surface area contributed by atoms with Crippen LogP contribution < -0.4 is 0 Å². The van der Waals surface area contributed by atoms with E-state index < -0.39 is 17.6 Å². The van der Waals surface area contributed by atoms with E-state index >= 15 is 0 Å². The molecule has 0 heterocycles. The zero-order valence-corrected chi connectivity index (χ0v) is 14.2. The van der Waals surface area contributed by atoms with Gasteiger partial charge in [0.15, 0.2) is 0 Å². The summed E-state index contributed by atoms with van der Waals surface area (Å²) in [5.74, 6) is 1.03. The van der Waals surface area contributed by atoms with Gasteiger partial charge in [-0.1, -0.05) is 6.92 Å². The summed E-state index contributed by atoms with van der Waals surface area (Å²) in [4.78, 5) is 12.5. The predicted molar refractivity (Wildman–Crippen MR) is 85.5 cm³/mol. The van der Waals surface area contributed by atoms with Gasteiger partial charge in [-0.2, -0.15) is 0 Å². The van der Waals surface area contributed by atoms with Crippen LogP contribution in [0.3, 0.4) is 0 Å². The molecular formula is C19H30O4. The summed E-state index contributed by atoms with van der Waals surface area (Å²) >= 11 is 0. The fraction of sp³-hybridized carbons (Fsp3) is 0.947. The molecule has 4 aliphatic carbocycles. The number of rotatable bonds is 0. The standard InChI is InChI=1S/C19H30O4/c1-18-6-5-11(20)7-10(18)8-14(21)17-12-3-4-15(22)19(12,2)16(23)9-13(17)18/h10-14,16-17,20-21,23H,3-9H2,1-2H3. The number of carbonyl (C=O) groups excluding carboxylic acids is 1. The van der Waals surface area contributed by atoms with Gasteiger partial charge in [0.05, 0.1) is 23.7 Å². The van der Waals surface area contributed by atoms with Gasteiger partial charge in [-0.3, -0.25) is 4.79 Å². The van der Waals surface area contributed by atoms with Crippen molar-refractivity contribution >= 4 is 5.78 Å². The Hall–Kier alpha value is -0.450. The third-order valence-electron chi connectivity index (χ3n) is 8.47. The molecule has 0 amide bonds. The van der Waals surface area contributed by atoms with Gasteiger partial charge < -0.3 is 15.3 Å². The first kappa shape index (κ1) is 16.0. The van der Waals surface area contributed by atoms with E-state index in [0.29, 0.717) is 18.8 Å². The summed E-state index contributed by atoms with van der Waals surface area (Å²) in [6, 6.07) is 0. The highest BCUT2D eigenvalue weighted by Gasteiger charge is 2.65. The fourth-order valence-electron chi connectivity index (χ4n) is 6.96. The lowest BCUT2D eigenvalue weighted by molar-refractivity contribution is -0.197. The molecule has 0 saturated heterocycles. The zero-order chi connectivity index (χ0) is 16.6. The maximum absolute atomic E-state index is 12.5. The topological polar surface area (TPSA) is 77.8 Å². The Kier molecular flexibility index (Phi) is 3.51. The maximum Gasteiger partial charge on any atom is 0.141 e. The molecule has 0 aromatic heterocycles. The van der Waals surface area contributed by atoms with Gasteiger partial charge in [0.25, 0.3) is 0 Å². The Labute approximate surface area is 138 Å². The SMILES string of the molecule is CC12CCC(O)CC1CC(O)C1C2CC(O)C2(C)C(=O)CCC12. The minimum Gasteiger partial charge on any atom is -0.393 e. The van der Waals surface area contributed by atoms with Gasteiger partial charge in [0.1, 0.15) is 5.78 Å². The Bertz CT molecular complexity index is 519. The number of carbonyl (C=O) groups is 1. The Morgan fingerprint density at radius 1 is 1.00 bits per heavy atom. The molecule has 4 rings (SSSR count). The predicted octanol–water partition coefficient (Wildman–Crippen LogP) is 1.90. The summed E-state index contributed by atoms with van der Waals surface area (Å²) in [6.07, 6.45) is 4.07. The van der Waals surface area contributed by atoms with Crippen molar-refractivity contribution in [2.45, 2.75) is 77.1 Å². The highest BCUT2D eigenvalue weighted by atomic mass is 16.3. The van der Waals surface area contributed by atoms with Crippen molar-refractivity contribution in [1.29, 1.82) is 0 Å². The number of aliphatic hydroxyl groups excluding tert-OH is 3. The van der Waals surface area contributed by atoms with E-state index in [1.165, 1.54) is 0 Å². The number of ketones is 1. The summed E-state index contributed by atoms with van der Waals surface area (Å²) < 4.78 is 0. The van der Waals surface area contributed by atoms with Gasteiger partial charge in [0, 0.05) is 6.42 Å². The lowest BCUT2D eigenvalue weighted by Gasteiger charge is -2.62. The molecule has 4 heteroatoms.